The number of nitrogens with one attached hydrogen (secondary N) is 1. The van der Waals surface area contributed by atoms with Gasteiger partial charge in [0.1, 0.15) is 0 Å². The molecule has 0 amide bonds. The van der Waals surface area contributed by atoms with E-state index in [-0.39, 0.29) is 17.2 Å². The quantitative estimate of drug-likeness (QED) is 0.635. The van der Waals surface area contributed by atoms with E-state index in [1.54, 1.807) is 24.3 Å². The zero-order valence-electron chi connectivity index (χ0n) is 10.4. The monoisotopic (exact) mass is 261 g/mol. The molecule has 0 saturated carbocycles. The van der Waals surface area contributed by atoms with Crippen molar-refractivity contribution in [2.24, 2.45) is 0 Å². The van der Waals surface area contributed by atoms with Gasteiger partial charge in [0.15, 0.2) is 23.0 Å². The van der Waals surface area contributed by atoms with Gasteiger partial charge in [-0.15, -0.1) is 0 Å². The highest BCUT2D eigenvalue weighted by Crippen LogP contribution is 2.31. The van der Waals surface area contributed by atoms with Crippen LogP contribution in [0.4, 0.5) is 5.69 Å². The van der Waals surface area contributed by atoms with E-state index >= 15 is 0 Å². The van der Waals surface area contributed by atoms with Crippen molar-refractivity contribution >= 4 is 5.69 Å². The van der Waals surface area contributed by atoms with Crippen LogP contribution in [0.2, 0.25) is 0 Å². The minimum absolute atomic E-state index is 0.0348. The summed E-state index contributed by atoms with van der Waals surface area (Å²) in [6, 6.07) is 9.68. The highest BCUT2D eigenvalue weighted by Gasteiger charge is 2.06. The average Bonchev–Trinajstić information content (AvgIpc) is 2.40. The van der Waals surface area contributed by atoms with E-state index < -0.39 is 0 Å². The molecule has 0 aromatic heterocycles. The van der Waals surface area contributed by atoms with Gasteiger partial charge in [0, 0.05) is 23.9 Å². The third-order valence-corrected chi connectivity index (χ3v) is 2.76. The fourth-order valence-electron chi connectivity index (χ4n) is 1.72. The third-order valence-electron chi connectivity index (χ3n) is 2.76. The third kappa shape index (κ3) is 2.82. The molecule has 0 fully saturated rings. The lowest BCUT2D eigenvalue weighted by Crippen LogP contribution is -1.99. The summed E-state index contributed by atoms with van der Waals surface area (Å²) in [7, 11) is 1.48. The molecule has 0 bridgehead atoms. The van der Waals surface area contributed by atoms with Crippen LogP contribution < -0.4 is 10.1 Å². The van der Waals surface area contributed by atoms with Gasteiger partial charge in [0.2, 0.25) is 0 Å². The molecule has 0 radical (unpaired) electrons. The van der Waals surface area contributed by atoms with Crippen molar-refractivity contribution in [2.75, 3.05) is 12.4 Å². The lowest BCUT2D eigenvalue weighted by Gasteiger charge is -2.10. The molecule has 4 N–H and O–H groups in total. The highest BCUT2D eigenvalue weighted by atomic mass is 16.5. The largest absolute Gasteiger partial charge is 0.504 e. The first kappa shape index (κ1) is 12.9. The van der Waals surface area contributed by atoms with E-state index in [9.17, 15) is 15.3 Å². The maximum absolute atomic E-state index is 9.65. The van der Waals surface area contributed by atoms with Crippen LogP contribution in [0.1, 0.15) is 5.56 Å². The molecule has 5 heteroatoms. The second-order valence-electron chi connectivity index (χ2n) is 4.03. The second kappa shape index (κ2) is 5.39. The maximum atomic E-state index is 9.65. The topological polar surface area (TPSA) is 82.0 Å². The average molecular weight is 261 g/mol. The molecule has 0 aliphatic rings. The molecule has 2 aromatic rings. The molecule has 0 aliphatic carbocycles. The van der Waals surface area contributed by atoms with Crippen molar-refractivity contribution in [3.05, 3.63) is 42.0 Å². The molecule has 0 saturated heterocycles. The van der Waals surface area contributed by atoms with Gasteiger partial charge in [-0.2, -0.15) is 0 Å². The first-order valence-corrected chi connectivity index (χ1v) is 5.72. The van der Waals surface area contributed by atoms with Crippen molar-refractivity contribution in [2.45, 2.75) is 6.54 Å². The fraction of sp³-hybridized carbons (Fsp3) is 0.143. The van der Waals surface area contributed by atoms with Crippen LogP contribution in [0.3, 0.4) is 0 Å². The second-order valence-corrected chi connectivity index (χ2v) is 4.03. The molecule has 0 unspecified atom stereocenters. The molecule has 0 aliphatic heterocycles. The van der Waals surface area contributed by atoms with Crippen molar-refractivity contribution < 1.29 is 20.1 Å². The number of para-hydroxylation sites is 1. The normalized spacial score (nSPS) is 10.2. The number of anilines is 1. The zero-order valence-corrected chi connectivity index (χ0v) is 10.4. The lowest BCUT2D eigenvalue weighted by atomic mass is 10.2. The van der Waals surface area contributed by atoms with Crippen molar-refractivity contribution in [1.82, 2.24) is 0 Å². The van der Waals surface area contributed by atoms with Crippen molar-refractivity contribution in [1.29, 1.82) is 0 Å². The Kier molecular flexibility index (Phi) is 3.66. The standard InChI is InChI=1S/C14H15NO4/c1-19-13-6-5-10(7-12(13)17)15-8-9-3-2-4-11(16)14(9)18/h2-7,15-18H,8H2,1H3. The Hall–Kier alpha value is -2.56. The fourth-order valence-corrected chi connectivity index (χ4v) is 1.72. The van der Waals surface area contributed by atoms with Gasteiger partial charge in [-0.3, -0.25) is 0 Å². The Morgan fingerprint density at radius 3 is 2.53 bits per heavy atom. The number of aromatic hydroxyl groups is 3. The van der Waals surface area contributed by atoms with Crippen molar-refractivity contribution in [3.8, 4) is 23.0 Å². The number of rotatable bonds is 4. The molecule has 2 rings (SSSR count). The van der Waals surface area contributed by atoms with E-state index in [4.69, 9.17) is 4.74 Å². The SMILES string of the molecule is COc1ccc(NCc2cccc(O)c2O)cc1O. The minimum atomic E-state index is -0.156. The number of phenolic OH excluding ortho intramolecular Hbond substituents is 3. The summed E-state index contributed by atoms with van der Waals surface area (Å²) >= 11 is 0. The first-order chi connectivity index (χ1) is 9.11. The van der Waals surface area contributed by atoms with Crippen LogP contribution in [0.5, 0.6) is 23.0 Å². The first-order valence-electron chi connectivity index (χ1n) is 5.72. The van der Waals surface area contributed by atoms with Gasteiger partial charge >= 0.3 is 0 Å². The van der Waals surface area contributed by atoms with Crippen LogP contribution in [0, 0.1) is 0 Å². The molecule has 100 valence electrons. The van der Waals surface area contributed by atoms with E-state index in [0.29, 0.717) is 23.5 Å². The number of methoxy groups -OCH3 is 1. The van der Waals surface area contributed by atoms with Crippen LogP contribution in [-0.2, 0) is 6.54 Å². The molecule has 5 nitrogen and oxygen atoms in total. The van der Waals surface area contributed by atoms with Gasteiger partial charge < -0.3 is 25.4 Å². The predicted molar refractivity (Wildman–Crippen MR) is 71.8 cm³/mol. The van der Waals surface area contributed by atoms with E-state index in [1.807, 2.05) is 0 Å². The summed E-state index contributed by atoms with van der Waals surface area (Å²) in [5.41, 5.74) is 1.25. The maximum Gasteiger partial charge on any atom is 0.162 e. The molecule has 0 heterocycles. The number of phenols is 3. The number of hydrogen-bond acceptors (Lipinski definition) is 5. The molecular formula is C14H15NO4. The smallest absolute Gasteiger partial charge is 0.162 e. The lowest BCUT2D eigenvalue weighted by molar-refractivity contribution is 0.373. The van der Waals surface area contributed by atoms with Gasteiger partial charge in [-0.1, -0.05) is 12.1 Å². The molecule has 0 spiro atoms. The zero-order chi connectivity index (χ0) is 13.8. The molecule has 19 heavy (non-hydrogen) atoms. The van der Waals surface area contributed by atoms with Gasteiger partial charge in [-0.05, 0) is 18.2 Å². The number of benzene rings is 2. The Bertz CT molecular complexity index is 584. The summed E-state index contributed by atoms with van der Waals surface area (Å²) in [5.74, 6) is 0.128. The summed E-state index contributed by atoms with van der Waals surface area (Å²) in [5, 5.41) is 31.7. The van der Waals surface area contributed by atoms with E-state index in [0.717, 1.165) is 0 Å². The van der Waals surface area contributed by atoms with Crippen LogP contribution in [0.15, 0.2) is 36.4 Å². The van der Waals surface area contributed by atoms with Gasteiger partial charge in [-0.25, -0.2) is 0 Å². The Labute approximate surface area is 110 Å². The van der Waals surface area contributed by atoms with Crippen LogP contribution >= 0.6 is 0 Å². The van der Waals surface area contributed by atoms with Gasteiger partial charge in [0.05, 0.1) is 7.11 Å². The van der Waals surface area contributed by atoms with E-state index in [1.165, 1.54) is 19.2 Å². The van der Waals surface area contributed by atoms with Crippen LogP contribution in [0.25, 0.3) is 0 Å². The summed E-state index contributed by atoms with van der Waals surface area (Å²) < 4.78 is 4.95. The number of ether oxygens (including phenoxy) is 1. The number of hydrogen-bond donors (Lipinski definition) is 4. The minimum Gasteiger partial charge on any atom is -0.504 e. The Morgan fingerprint density at radius 1 is 1.05 bits per heavy atom. The Morgan fingerprint density at radius 2 is 1.84 bits per heavy atom. The van der Waals surface area contributed by atoms with Crippen molar-refractivity contribution in [3.63, 3.8) is 0 Å². The summed E-state index contributed by atoms with van der Waals surface area (Å²) in [6.45, 7) is 0.325. The highest BCUT2D eigenvalue weighted by molar-refractivity contribution is 5.55. The van der Waals surface area contributed by atoms with Gasteiger partial charge in [0.25, 0.3) is 0 Å². The predicted octanol–water partition coefficient (Wildman–Crippen LogP) is 2.42. The molecular weight excluding hydrogens is 246 g/mol. The Balaban J connectivity index is 2.10. The summed E-state index contributed by atoms with van der Waals surface area (Å²) in [4.78, 5) is 0. The van der Waals surface area contributed by atoms with Crippen LogP contribution in [-0.4, -0.2) is 22.4 Å². The van der Waals surface area contributed by atoms with E-state index in [2.05, 4.69) is 5.32 Å². The summed E-state index contributed by atoms with van der Waals surface area (Å²) in [6.07, 6.45) is 0. The molecule has 2 aromatic carbocycles. The molecule has 0 atom stereocenters.